The van der Waals surface area contributed by atoms with E-state index in [1.807, 2.05) is 31.3 Å². The Morgan fingerprint density at radius 1 is 1.45 bits per heavy atom. The standard InChI is InChI=1S/C16H17BrN2O2S/c1-10-4-5-11(18-9-10)15(13-6-7-14(17)22-13)19-8-2-3-12(19)16(20)21/h4-7,9,12,15H,2-3,8H2,1H3,(H,20,21). The highest BCUT2D eigenvalue weighted by Crippen LogP contribution is 2.38. The number of carbonyl (C=O) groups is 1. The number of thiophene rings is 1. The summed E-state index contributed by atoms with van der Waals surface area (Å²) in [6.45, 7) is 2.79. The Balaban J connectivity index is 2.03. The van der Waals surface area contributed by atoms with Gasteiger partial charge in [-0.1, -0.05) is 6.07 Å². The zero-order chi connectivity index (χ0) is 15.7. The molecule has 1 aliphatic heterocycles. The number of likely N-dealkylation sites (tertiary alicyclic amines) is 1. The van der Waals surface area contributed by atoms with Gasteiger partial charge in [-0.3, -0.25) is 14.7 Å². The first-order valence-electron chi connectivity index (χ1n) is 7.22. The molecule has 0 spiro atoms. The fourth-order valence-electron chi connectivity index (χ4n) is 2.96. The largest absolute Gasteiger partial charge is 0.480 e. The summed E-state index contributed by atoms with van der Waals surface area (Å²) in [7, 11) is 0. The lowest BCUT2D eigenvalue weighted by Gasteiger charge is -2.30. The highest BCUT2D eigenvalue weighted by atomic mass is 79.9. The second-order valence-electron chi connectivity index (χ2n) is 5.54. The molecule has 6 heteroatoms. The highest BCUT2D eigenvalue weighted by molar-refractivity contribution is 9.11. The van der Waals surface area contributed by atoms with E-state index in [4.69, 9.17) is 0 Å². The summed E-state index contributed by atoms with van der Waals surface area (Å²) in [5, 5.41) is 9.51. The first-order valence-corrected chi connectivity index (χ1v) is 8.83. The maximum atomic E-state index is 11.6. The van der Waals surface area contributed by atoms with Gasteiger partial charge < -0.3 is 5.11 Å². The Morgan fingerprint density at radius 3 is 2.86 bits per heavy atom. The molecule has 1 aliphatic rings. The van der Waals surface area contributed by atoms with Crippen molar-refractivity contribution in [1.29, 1.82) is 0 Å². The molecule has 1 saturated heterocycles. The summed E-state index contributed by atoms with van der Waals surface area (Å²) in [4.78, 5) is 19.3. The molecule has 3 rings (SSSR count). The van der Waals surface area contributed by atoms with Gasteiger partial charge in [0, 0.05) is 17.6 Å². The molecule has 2 unspecified atom stereocenters. The van der Waals surface area contributed by atoms with E-state index in [0.29, 0.717) is 6.42 Å². The number of aromatic nitrogens is 1. The van der Waals surface area contributed by atoms with Crippen molar-refractivity contribution in [3.05, 3.63) is 50.4 Å². The predicted octanol–water partition coefficient (Wildman–Crippen LogP) is 3.85. The molecule has 116 valence electrons. The Morgan fingerprint density at radius 2 is 2.27 bits per heavy atom. The molecule has 2 aromatic rings. The van der Waals surface area contributed by atoms with Gasteiger partial charge in [0.15, 0.2) is 0 Å². The number of carboxylic acid groups (broad SMARTS) is 1. The summed E-state index contributed by atoms with van der Waals surface area (Å²) in [5.41, 5.74) is 2.01. The van der Waals surface area contributed by atoms with Crippen LogP contribution in [0.15, 0.2) is 34.2 Å². The summed E-state index contributed by atoms with van der Waals surface area (Å²) < 4.78 is 1.05. The van der Waals surface area contributed by atoms with Crippen molar-refractivity contribution in [2.75, 3.05) is 6.54 Å². The number of aryl methyl sites for hydroxylation is 1. The van der Waals surface area contributed by atoms with Crippen LogP contribution in [-0.2, 0) is 4.79 Å². The third-order valence-electron chi connectivity index (χ3n) is 3.99. The van der Waals surface area contributed by atoms with Crippen LogP contribution in [-0.4, -0.2) is 33.5 Å². The van der Waals surface area contributed by atoms with Gasteiger partial charge in [0.25, 0.3) is 0 Å². The zero-order valence-electron chi connectivity index (χ0n) is 12.2. The quantitative estimate of drug-likeness (QED) is 0.874. The van der Waals surface area contributed by atoms with Crippen LogP contribution in [0.2, 0.25) is 0 Å². The first kappa shape index (κ1) is 15.6. The number of pyridine rings is 1. The lowest BCUT2D eigenvalue weighted by Crippen LogP contribution is -2.39. The fourth-order valence-corrected chi connectivity index (χ4v) is 4.52. The van der Waals surface area contributed by atoms with E-state index in [2.05, 4.69) is 31.9 Å². The van der Waals surface area contributed by atoms with Crippen molar-refractivity contribution in [2.24, 2.45) is 0 Å². The monoisotopic (exact) mass is 380 g/mol. The molecule has 0 saturated carbocycles. The lowest BCUT2D eigenvalue weighted by atomic mass is 10.1. The Bertz CT molecular complexity index is 671. The summed E-state index contributed by atoms with van der Waals surface area (Å²) in [5.74, 6) is -0.745. The van der Waals surface area contributed by atoms with Crippen LogP contribution in [0.25, 0.3) is 0 Å². The topological polar surface area (TPSA) is 53.4 Å². The Labute approximate surface area is 141 Å². The van der Waals surface area contributed by atoms with Crippen LogP contribution in [0, 0.1) is 6.92 Å². The van der Waals surface area contributed by atoms with Crippen molar-refractivity contribution >= 4 is 33.2 Å². The van der Waals surface area contributed by atoms with E-state index < -0.39 is 12.0 Å². The molecule has 2 aromatic heterocycles. The zero-order valence-corrected chi connectivity index (χ0v) is 14.6. The molecule has 0 aromatic carbocycles. The molecule has 0 radical (unpaired) electrons. The van der Waals surface area contributed by atoms with E-state index in [1.165, 1.54) is 0 Å². The smallest absolute Gasteiger partial charge is 0.320 e. The highest BCUT2D eigenvalue weighted by Gasteiger charge is 2.37. The van der Waals surface area contributed by atoms with Gasteiger partial charge >= 0.3 is 5.97 Å². The average Bonchev–Trinajstić information content (AvgIpc) is 3.11. The Kier molecular flexibility index (Phi) is 4.61. The molecule has 2 atom stereocenters. The van der Waals surface area contributed by atoms with Crippen molar-refractivity contribution in [3.8, 4) is 0 Å². The number of carboxylic acids is 1. The van der Waals surface area contributed by atoms with E-state index >= 15 is 0 Å². The van der Waals surface area contributed by atoms with Crippen LogP contribution in [0.3, 0.4) is 0 Å². The molecular weight excluding hydrogens is 364 g/mol. The number of nitrogens with zero attached hydrogens (tertiary/aromatic N) is 2. The predicted molar refractivity (Wildman–Crippen MR) is 90.2 cm³/mol. The van der Waals surface area contributed by atoms with Gasteiger partial charge in [-0.15, -0.1) is 11.3 Å². The molecule has 22 heavy (non-hydrogen) atoms. The Hall–Kier alpha value is -1.24. The average molecular weight is 381 g/mol. The summed E-state index contributed by atoms with van der Waals surface area (Å²) in [6, 6.07) is 7.56. The van der Waals surface area contributed by atoms with Crippen molar-refractivity contribution < 1.29 is 9.90 Å². The minimum Gasteiger partial charge on any atom is -0.480 e. The molecule has 1 fully saturated rings. The second-order valence-corrected chi connectivity index (χ2v) is 8.03. The fraction of sp³-hybridized carbons (Fsp3) is 0.375. The minimum atomic E-state index is -0.745. The minimum absolute atomic E-state index is 0.0968. The van der Waals surface area contributed by atoms with E-state index in [9.17, 15) is 9.90 Å². The van der Waals surface area contributed by atoms with Crippen molar-refractivity contribution in [1.82, 2.24) is 9.88 Å². The van der Waals surface area contributed by atoms with E-state index in [0.717, 1.165) is 32.9 Å². The van der Waals surface area contributed by atoms with Crippen molar-refractivity contribution in [2.45, 2.75) is 31.8 Å². The number of halogens is 1. The van der Waals surface area contributed by atoms with Crippen LogP contribution in [0.1, 0.15) is 35.0 Å². The molecule has 0 aliphatic carbocycles. The van der Waals surface area contributed by atoms with Crippen molar-refractivity contribution in [3.63, 3.8) is 0 Å². The first-order chi connectivity index (χ1) is 10.6. The van der Waals surface area contributed by atoms with Crippen LogP contribution >= 0.6 is 27.3 Å². The number of aliphatic carboxylic acids is 1. The van der Waals surface area contributed by atoms with Gasteiger partial charge in [-0.05, 0) is 59.5 Å². The molecule has 0 bridgehead atoms. The maximum Gasteiger partial charge on any atom is 0.320 e. The SMILES string of the molecule is Cc1ccc(C(c2ccc(Br)s2)N2CCCC2C(=O)O)nc1. The second kappa shape index (κ2) is 6.48. The van der Waals surface area contributed by atoms with Gasteiger partial charge in [-0.2, -0.15) is 0 Å². The van der Waals surface area contributed by atoms with Gasteiger partial charge in [0.05, 0.1) is 15.5 Å². The third kappa shape index (κ3) is 3.09. The molecular formula is C16H17BrN2O2S. The van der Waals surface area contributed by atoms with Crippen LogP contribution in [0.5, 0.6) is 0 Å². The number of rotatable bonds is 4. The van der Waals surface area contributed by atoms with Gasteiger partial charge in [0.1, 0.15) is 6.04 Å². The molecule has 0 amide bonds. The molecule has 1 N–H and O–H groups in total. The summed E-state index contributed by atoms with van der Waals surface area (Å²) >= 11 is 5.14. The number of hydrogen-bond acceptors (Lipinski definition) is 4. The third-order valence-corrected chi connectivity index (χ3v) is 5.66. The van der Waals surface area contributed by atoms with E-state index in [1.54, 1.807) is 11.3 Å². The maximum absolute atomic E-state index is 11.6. The van der Waals surface area contributed by atoms with Crippen LogP contribution in [0.4, 0.5) is 0 Å². The van der Waals surface area contributed by atoms with E-state index in [-0.39, 0.29) is 6.04 Å². The molecule has 3 heterocycles. The van der Waals surface area contributed by atoms with Gasteiger partial charge in [-0.25, -0.2) is 0 Å². The molecule has 4 nitrogen and oxygen atoms in total. The normalized spacial score (nSPS) is 20.2. The van der Waals surface area contributed by atoms with Gasteiger partial charge in [0.2, 0.25) is 0 Å². The summed E-state index contributed by atoms with van der Waals surface area (Å²) in [6.07, 6.45) is 3.45. The lowest BCUT2D eigenvalue weighted by molar-refractivity contribution is -0.142. The van der Waals surface area contributed by atoms with Crippen LogP contribution < -0.4 is 0 Å². The number of hydrogen-bond donors (Lipinski definition) is 1.